The molecule has 0 saturated carbocycles. The van der Waals surface area contributed by atoms with Crippen molar-refractivity contribution in [3.8, 4) is 0 Å². The van der Waals surface area contributed by atoms with Crippen molar-refractivity contribution in [3.05, 3.63) is 39.5 Å². The molecule has 8 nitrogen and oxygen atoms in total. The van der Waals surface area contributed by atoms with Crippen LogP contribution in [-0.4, -0.2) is 27.5 Å². The molecular weight excluding hydrogens is 356 g/mol. The zero-order valence-electron chi connectivity index (χ0n) is 14.9. The Morgan fingerprint density at radius 3 is 2.65 bits per heavy atom. The van der Waals surface area contributed by atoms with Crippen LogP contribution in [0.5, 0.6) is 0 Å². The van der Waals surface area contributed by atoms with Crippen LogP contribution in [0.4, 0.5) is 17.3 Å². The first kappa shape index (κ1) is 18.2. The predicted octanol–water partition coefficient (Wildman–Crippen LogP) is 2.25. The van der Waals surface area contributed by atoms with Gasteiger partial charge in [0.1, 0.15) is 35.0 Å². The third-order valence-corrected chi connectivity index (χ3v) is 5.04. The maximum atomic E-state index is 13.3. The van der Waals surface area contributed by atoms with Crippen molar-refractivity contribution < 1.29 is 4.79 Å². The summed E-state index contributed by atoms with van der Waals surface area (Å²) in [7, 11) is 1.69. The minimum atomic E-state index is -0.774. The quantitative estimate of drug-likeness (QED) is 0.828. The summed E-state index contributed by atoms with van der Waals surface area (Å²) in [5.41, 5.74) is 5.14. The van der Waals surface area contributed by atoms with E-state index in [0.717, 1.165) is 6.42 Å². The first-order valence-corrected chi connectivity index (χ1v) is 8.82. The number of pyridine rings is 1. The molecule has 2 aromatic heterocycles. The van der Waals surface area contributed by atoms with Crippen LogP contribution in [-0.2, 0) is 5.66 Å². The minimum absolute atomic E-state index is 0.200. The summed E-state index contributed by atoms with van der Waals surface area (Å²) in [6, 6.07) is 3.05. The van der Waals surface area contributed by atoms with Crippen molar-refractivity contribution >= 4 is 34.8 Å². The lowest BCUT2D eigenvalue weighted by Gasteiger charge is -2.31. The van der Waals surface area contributed by atoms with E-state index in [1.807, 2.05) is 13.8 Å². The number of nitrogens with one attached hydrogen (secondary N) is 1. The van der Waals surface area contributed by atoms with Gasteiger partial charge in [-0.15, -0.1) is 0 Å². The predicted molar refractivity (Wildman–Crippen MR) is 101 cm³/mol. The Kier molecular flexibility index (Phi) is 4.62. The standard InChI is InChI=1S/C17H21ClN6O2/c1-4-6-17(5-2)22-15(25)14-10(18)7-11(16(26)24(14)17)23(3)13-8-12(19)20-9-21-13/h7-9H,4-6H2,1-3H3,(H,22,25)(H2,19,20,21). The molecule has 1 atom stereocenters. The average molecular weight is 377 g/mol. The molecule has 1 amide bonds. The average Bonchev–Trinajstić information content (AvgIpc) is 2.91. The smallest absolute Gasteiger partial charge is 0.277 e. The van der Waals surface area contributed by atoms with Gasteiger partial charge in [-0.25, -0.2) is 9.97 Å². The highest BCUT2D eigenvalue weighted by Gasteiger charge is 2.43. The van der Waals surface area contributed by atoms with Crippen LogP contribution in [0.1, 0.15) is 43.6 Å². The Morgan fingerprint density at radius 1 is 1.31 bits per heavy atom. The number of carbonyl (C=O) groups is 1. The van der Waals surface area contributed by atoms with Crippen LogP contribution in [0.15, 0.2) is 23.3 Å². The van der Waals surface area contributed by atoms with E-state index in [4.69, 9.17) is 17.3 Å². The van der Waals surface area contributed by atoms with Crippen molar-refractivity contribution in [1.82, 2.24) is 19.9 Å². The Labute approximate surface area is 156 Å². The molecule has 1 aliphatic rings. The number of anilines is 3. The second-order valence-corrected chi connectivity index (χ2v) is 6.72. The number of amides is 1. The maximum absolute atomic E-state index is 13.3. The Morgan fingerprint density at radius 2 is 2.04 bits per heavy atom. The zero-order chi connectivity index (χ0) is 19.1. The molecule has 2 aromatic rings. The summed E-state index contributed by atoms with van der Waals surface area (Å²) in [6.07, 6.45) is 3.34. The number of carbonyl (C=O) groups excluding carboxylic acids is 1. The summed E-state index contributed by atoms with van der Waals surface area (Å²) in [6.45, 7) is 3.95. The number of nitrogen functional groups attached to an aromatic ring is 1. The minimum Gasteiger partial charge on any atom is -0.384 e. The van der Waals surface area contributed by atoms with E-state index in [0.29, 0.717) is 30.2 Å². The first-order valence-electron chi connectivity index (χ1n) is 8.44. The fourth-order valence-electron chi connectivity index (χ4n) is 3.44. The molecule has 3 rings (SSSR count). The van der Waals surface area contributed by atoms with Gasteiger partial charge in [-0.1, -0.05) is 31.9 Å². The van der Waals surface area contributed by atoms with Crippen LogP contribution in [0.2, 0.25) is 5.02 Å². The highest BCUT2D eigenvalue weighted by Crippen LogP contribution is 2.34. The number of halogens is 1. The molecule has 3 N–H and O–H groups in total. The van der Waals surface area contributed by atoms with Crippen LogP contribution in [0.25, 0.3) is 0 Å². The SMILES string of the molecule is CCCC1(CC)NC(=O)c2c(Cl)cc(N(C)c3cc(N)ncn3)c(=O)n21. The van der Waals surface area contributed by atoms with Gasteiger partial charge < -0.3 is 16.0 Å². The number of aromatic nitrogens is 3. The van der Waals surface area contributed by atoms with Gasteiger partial charge in [0, 0.05) is 13.1 Å². The molecule has 0 radical (unpaired) electrons. The number of nitrogens with two attached hydrogens (primary N) is 1. The van der Waals surface area contributed by atoms with Gasteiger partial charge in [-0.3, -0.25) is 14.2 Å². The molecule has 0 aromatic carbocycles. The molecule has 0 bridgehead atoms. The van der Waals surface area contributed by atoms with E-state index in [1.54, 1.807) is 18.0 Å². The lowest BCUT2D eigenvalue weighted by molar-refractivity contribution is 0.0905. The third kappa shape index (κ3) is 2.70. The summed E-state index contributed by atoms with van der Waals surface area (Å²) < 4.78 is 1.50. The maximum Gasteiger partial charge on any atom is 0.277 e. The van der Waals surface area contributed by atoms with E-state index in [-0.39, 0.29) is 22.2 Å². The van der Waals surface area contributed by atoms with Gasteiger partial charge >= 0.3 is 0 Å². The molecule has 0 saturated heterocycles. The highest BCUT2D eigenvalue weighted by atomic mass is 35.5. The van der Waals surface area contributed by atoms with E-state index >= 15 is 0 Å². The Bertz CT molecular complexity index is 928. The Balaban J connectivity index is 2.23. The topological polar surface area (TPSA) is 106 Å². The molecule has 1 unspecified atom stereocenters. The lowest BCUT2D eigenvalue weighted by atomic mass is 10.0. The molecule has 1 aliphatic heterocycles. The van der Waals surface area contributed by atoms with Crippen molar-refractivity contribution in [2.24, 2.45) is 0 Å². The third-order valence-electron chi connectivity index (χ3n) is 4.75. The highest BCUT2D eigenvalue weighted by molar-refractivity contribution is 6.34. The van der Waals surface area contributed by atoms with E-state index in [1.165, 1.54) is 17.0 Å². The van der Waals surface area contributed by atoms with Gasteiger partial charge in [0.05, 0.1) is 5.02 Å². The van der Waals surface area contributed by atoms with Crippen LogP contribution in [0.3, 0.4) is 0 Å². The zero-order valence-corrected chi connectivity index (χ0v) is 15.7. The first-order chi connectivity index (χ1) is 12.3. The largest absolute Gasteiger partial charge is 0.384 e. The number of rotatable bonds is 5. The molecule has 0 spiro atoms. The molecule has 0 aliphatic carbocycles. The van der Waals surface area contributed by atoms with E-state index in [9.17, 15) is 9.59 Å². The van der Waals surface area contributed by atoms with Gasteiger partial charge in [-0.05, 0) is 18.9 Å². The molecule has 3 heterocycles. The van der Waals surface area contributed by atoms with Gasteiger partial charge in [0.25, 0.3) is 11.5 Å². The molecular formula is C17H21ClN6O2. The van der Waals surface area contributed by atoms with Crippen molar-refractivity contribution in [3.63, 3.8) is 0 Å². The summed E-state index contributed by atoms with van der Waals surface area (Å²) in [4.78, 5) is 35.4. The van der Waals surface area contributed by atoms with Crippen LogP contribution >= 0.6 is 11.6 Å². The second kappa shape index (κ2) is 6.60. The fraction of sp³-hybridized carbons (Fsp3) is 0.412. The molecule has 0 fully saturated rings. The summed E-state index contributed by atoms with van der Waals surface area (Å²) in [5.74, 6) is 0.420. The van der Waals surface area contributed by atoms with Crippen LogP contribution in [0, 0.1) is 0 Å². The van der Waals surface area contributed by atoms with E-state index in [2.05, 4.69) is 15.3 Å². The Hall–Kier alpha value is -2.61. The number of fused-ring (bicyclic) bond motifs is 1. The number of nitrogens with zero attached hydrogens (tertiary/aromatic N) is 4. The monoisotopic (exact) mass is 376 g/mol. The number of hydrogen-bond donors (Lipinski definition) is 2. The van der Waals surface area contributed by atoms with Crippen molar-refractivity contribution in [1.29, 1.82) is 0 Å². The van der Waals surface area contributed by atoms with Crippen molar-refractivity contribution in [2.45, 2.75) is 38.8 Å². The molecule has 138 valence electrons. The summed E-state index contributed by atoms with van der Waals surface area (Å²) in [5, 5.41) is 3.18. The lowest BCUT2D eigenvalue weighted by Crippen LogP contribution is -2.47. The number of hydrogen-bond acceptors (Lipinski definition) is 6. The molecule has 9 heteroatoms. The molecule has 26 heavy (non-hydrogen) atoms. The van der Waals surface area contributed by atoms with Gasteiger partial charge in [0.2, 0.25) is 0 Å². The van der Waals surface area contributed by atoms with Crippen LogP contribution < -0.4 is 21.5 Å². The second-order valence-electron chi connectivity index (χ2n) is 6.32. The van der Waals surface area contributed by atoms with E-state index < -0.39 is 5.66 Å². The van der Waals surface area contributed by atoms with Gasteiger partial charge in [0.15, 0.2) is 0 Å². The normalized spacial score (nSPS) is 18.5. The summed E-state index contributed by atoms with van der Waals surface area (Å²) >= 11 is 6.38. The fourth-order valence-corrected chi connectivity index (χ4v) is 3.71. The van der Waals surface area contributed by atoms with Gasteiger partial charge in [-0.2, -0.15) is 0 Å². The van der Waals surface area contributed by atoms with Crippen molar-refractivity contribution in [2.75, 3.05) is 17.7 Å².